The Bertz CT molecular complexity index is 1160. The van der Waals surface area contributed by atoms with E-state index in [9.17, 15) is 24.6 Å². The standard InChI is InChI=1S/C29H29NO6/c31-27(26-24(28(32)33)18-25(26)29(34)35)30(17-7-10-20-8-3-1-4-9-20)19-21-13-15-23(16-14-21)36-22-11-5-2-6-12-22/h1-6,8-9,11-16,24-26H,7,10,17-19H2,(H,32,33)(H,34,35). The van der Waals surface area contributed by atoms with Crippen LogP contribution in [0.1, 0.15) is 24.0 Å². The fourth-order valence-electron chi connectivity index (χ4n) is 4.61. The van der Waals surface area contributed by atoms with E-state index in [-0.39, 0.29) is 13.0 Å². The monoisotopic (exact) mass is 487 g/mol. The molecule has 0 radical (unpaired) electrons. The number of aryl methyl sites for hydroxylation is 1. The highest BCUT2D eigenvalue weighted by molar-refractivity contribution is 5.92. The van der Waals surface area contributed by atoms with Crippen LogP contribution in [0.25, 0.3) is 0 Å². The van der Waals surface area contributed by atoms with Crippen molar-refractivity contribution in [1.82, 2.24) is 4.90 Å². The van der Waals surface area contributed by atoms with Gasteiger partial charge in [-0.3, -0.25) is 14.4 Å². The van der Waals surface area contributed by atoms with E-state index in [0.717, 1.165) is 17.5 Å². The number of nitrogens with zero attached hydrogens (tertiary/aromatic N) is 1. The van der Waals surface area contributed by atoms with E-state index in [1.807, 2.05) is 84.9 Å². The van der Waals surface area contributed by atoms with Crippen molar-refractivity contribution in [3.63, 3.8) is 0 Å². The summed E-state index contributed by atoms with van der Waals surface area (Å²) in [4.78, 5) is 38.4. The van der Waals surface area contributed by atoms with Crippen molar-refractivity contribution in [1.29, 1.82) is 0 Å². The SMILES string of the molecule is O=C(O)C1CC(C(=O)O)C1C(=O)N(CCCc1ccccc1)Cc1ccc(Oc2ccccc2)cc1. The molecule has 1 fully saturated rings. The first-order valence-electron chi connectivity index (χ1n) is 12.0. The van der Waals surface area contributed by atoms with E-state index in [2.05, 4.69) is 0 Å². The molecule has 1 aliphatic carbocycles. The van der Waals surface area contributed by atoms with Crippen LogP contribution in [-0.2, 0) is 27.3 Å². The molecule has 1 saturated carbocycles. The summed E-state index contributed by atoms with van der Waals surface area (Å²) in [6.07, 6.45) is 1.40. The van der Waals surface area contributed by atoms with Crippen molar-refractivity contribution in [2.24, 2.45) is 17.8 Å². The Balaban J connectivity index is 1.48. The Labute approximate surface area is 210 Å². The zero-order chi connectivity index (χ0) is 25.5. The van der Waals surface area contributed by atoms with Crippen LogP contribution in [-0.4, -0.2) is 39.5 Å². The molecule has 0 spiro atoms. The van der Waals surface area contributed by atoms with Gasteiger partial charge in [-0.1, -0.05) is 60.7 Å². The van der Waals surface area contributed by atoms with Gasteiger partial charge in [0.25, 0.3) is 0 Å². The van der Waals surface area contributed by atoms with E-state index in [0.29, 0.717) is 24.5 Å². The van der Waals surface area contributed by atoms with E-state index in [4.69, 9.17) is 4.74 Å². The van der Waals surface area contributed by atoms with Gasteiger partial charge in [0.2, 0.25) is 5.91 Å². The Hall–Kier alpha value is -4.13. The van der Waals surface area contributed by atoms with Gasteiger partial charge >= 0.3 is 11.9 Å². The summed E-state index contributed by atoms with van der Waals surface area (Å²) in [7, 11) is 0. The average Bonchev–Trinajstić information content (AvgIpc) is 2.84. The highest BCUT2D eigenvalue weighted by Crippen LogP contribution is 2.42. The fraction of sp³-hybridized carbons (Fsp3) is 0.276. The van der Waals surface area contributed by atoms with Gasteiger partial charge in [-0.05, 0) is 54.7 Å². The Morgan fingerprint density at radius 1 is 0.750 bits per heavy atom. The van der Waals surface area contributed by atoms with E-state index < -0.39 is 35.6 Å². The van der Waals surface area contributed by atoms with Crippen molar-refractivity contribution >= 4 is 17.8 Å². The van der Waals surface area contributed by atoms with Gasteiger partial charge in [0.15, 0.2) is 0 Å². The highest BCUT2D eigenvalue weighted by Gasteiger charge is 2.54. The first kappa shape index (κ1) is 25.0. The second-order valence-electron chi connectivity index (χ2n) is 9.06. The summed E-state index contributed by atoms with van der Waals surface area (Å²) >= 11 is 0. The maximum atomic E-state index is 13.5. The van der Waals surface area contributed by atoms with Crippen molar-refractivity contribution < 1.29 is 29.3 Å². The third kappa shape index (κ3) is 6.10. The number of hydrogen-bond acceptors (Lipinski definition) is 4. The van der Waals surface area contributed by atoms with Crippen LogP contribution in [0.3, 0.4) is 0 Å². The van der Waals surface area contributed by atoms with Gasteiger partial charge in [-0.15, -0.1) is 0 Å². The minimum absolute atomic E-state index is 0.0234. The smallest absolute Gasteiger partial charge is 0.307 e. The molecule has 2 atom stereocenters. The maximum Gasteiger partial charge on any atom is 0.307 e. The van der Waals surface area contributed by atoms with Crippen molar-refractivity contribution in [2.45, 2.75) is 25.8 Å². The molecule has 1 amide bonds. The first-order chi connectivity index (χ1) is 17.4. The second kappa shape index (κ2) is 11.5. The lowest BCUT2D eigenvalue weighted by molar-refractivity contribution is -0.171. The number of carboxylic acids is 2. The Kier molecular flexibility index (Phi) is 8.00. The third-order valence-corrected chi connectivity index (χ3v) is 6.62. The van der Waals surface area contributed by atoms with Gasteiger partial charge in [-0.25, -0.2) is 0 Å². The molecule has 186 valence electrons. The molecule has 7 heteroatoms. The van der Waals surface area contributed by atoms with Gasteiger partial charge in [0.1, 0.15) is 11.5 Å². The van der Waals surface area contributed by atoms with Gasteiger partial charge < -0.3 is 19.8 Å². The van der Waals surface area contributed by atoms with E-state index in [1.165, 1.54) is 0 Å². The van der Waals surface area contributed by atoms with Crippen LogP contribution < -0.4 is 4.74 Å². The molecule has 4 rings (SSSR count). The summed E-state index contributed by atoms with van der Waals surface area (Å²) in [6, 6.07) is 26.7. The molecule has 0 aromatic heterocycles. The zero-order valence-corrected chi connectivity index (χ0v) is 19.8. The van der Waals surface area contributed by atoms with Crippen molar-refractivity contribution in [3.8, 4) is 11.5 Å². The normalized spacial score (nSPS) is 18.6. The second-order valence-corrected chi connectivity index (χ2v) is 9.06. The highest BCUT2D eigenvalue weighted by atomic mass is 16.5. The molecular weight excluding hydrogens is 458 g/mol. The molecule has 3 aromatic carbocycles. The molecule has 36 heavy (non-hydrogen) atoms. The topological polar surface area (TPSA) is 104 Å². The summed E-state index contributed by atoms with van der Waals surface area (Å²) in [5.41, 5.74) is 1.99. The summed E-state index contributed by atoms with van der Waals surface area (Å²) in [5.74, 6) is -4.31. The van der Waals surface area contributed by atoms with Gasteiger partial charge in [0.05, 0.1) is 17.8 Å². The Morgan fingerprint density at radius 3 is 1.89 bits per heavy atom. The number of ether oxygens (including phenoxy) is 1. The fourth-order valence-corrected chi connectivity index (χ4v) is 4.61. The molecular formula is C29H29NO6. The maximum absolute atomic E-state index is 13.5. The molecule has 3 aromatic rings. The Morgan fingerprint density at radius 2 is 1.31 bits per heavy atom. The third-order valence-electron chi connectivity index (χ3n) is 6.62. The number of carbonyl (C=O) groups is 3. The molecule has 0 saturated heterocycles. The van der Waals surface area contributed by atoms with Crippen LogP contribution in [0.2, 0.25) is 0 Å². The molecule has 2 unspecified atom stereocenters. The average molecular weight is 488 g/mol. The number of aliphatic carboxylic acids is 2. The van der Waals surface area contributed by atoms with Crippen LogP contribution in [0.15, 0.2) is 84.9 Å². The summed E-state index contributed by atoms with van der Waals surface area (Å²) in [6.45, 7) is 0.652. The van der Waals surface area contributed by atoms with Gasteiger partial charge in [0, 0.05) is 13.1 Å². The molecule has 0 aliphatic heterocycles. The zero-order valence-electron chi connectivity index (χ0n) is 19.8. The largest absolute Gasteiger partial charge is 0.481 e. The number of rotatable bonds is 11. The number of carbonyl (C=O) groups excluding carboxylic acids is 1. The van der Waals surface area contributed by atoms with E-state index >= 15 is 0 Å². The van der Waals surface area contributed by atoms with Crippen molar-refractivity contribution in [2.75, 3.05) is 6.54 Å². The predicted octanol–water partition coefficient (Wildman–Crippen LogP) is 4.86. The van der Waals surface area contributed by atoms with E-state index in [1.54, 1.807) is 4.90 Å². The van der Waals surface area contributed by atoms with Crippen LogP contribution >= 0.6 is 0 Å². The lowest BCUT2D eigenvalue weighted by Gasteiger charge is -2.41. The first-order valence-corrected chi connectivity index (χ1v) is 12.0. The summed E-state index contributed by atoms with van der Waals surface area (Å²) in [5, 5.41) is 19.0. The molecule has 0 bridgehead atoms. The number of benzene rings is 3. The number of amides is 1. The van der Waals surface area contributed by atoms with Crippen LogP contribution in [0.5, 0.6) is 11.5 Å². The number of hydrogen-bond donors (Lipinski definition) is 2. The number of para-hydroxylation sites is 1. The lowest BCUT2D eigenvalue weighted by atomic mass is 9.64. The molecule has 0 heterocycles. The molecule has 1 aliphatic rings. The quantitative estimate of drug-likeness (QED) is 0.400. The van der Waals surface area contributed by atoms with Crippen molar-refractivity contribution in [3.05, 3.63) is 96.1 Å². The van der Waals surface area contributed by atoms with Crippen LogP contribution in [0, 0.1) is 17.8 Å². The minimum atomic E-state index is -1.13. The van der Waals surface area contributed by atoms with Crippen LogP contribution in [0.4, 0.5) is 0 Å². The predicted molar refractivity (Wildman–Crippen MR) is 133 cm³/mol. The summed E-state index contributed by atoms with van der Waals surface area (Å²) < 4.78 is 5.83. The molecule has 7 nitrogen and oxygen atoms in total. The molecule has 2 N–H and O–H groups in total. The lowest BCUT2D eigenvalue weighted by Crippen LogP contribution is -2.54. The van der Waals surface area contributed by atoms with Gasteiger partial charge in [-0.2, -0.15) is 0 Å². The number of carboxylic acid groups (broad SMARTS) is 2. The minimum Gasteiger partial charge on any atom is -0.481 e.